The van der Waals surface area contributed by atoms with E-state index in [0.717, 1.165) is 9.69 Å². The van der Waals surface area contributed by atoms with E-state index in [9.17, 15) is 18.0 Å². The van der Waals surface area contributed by atoms with Gasteiger partial charge in [0.25, 0.3) is 10.0 Å². The van der Waals surface area contributed by atoms with Gasteiger partial charge in [-0.1, -0.05) is 48.5 Å². The van der Waals surface area contributed by atoms with Crippen molar-refractivity contribution in [3.8, 4) is 5.75 Å². The smallest absolute Gasteiger partial charge is 0.265 e. The lowest BCUT2D eigenvalue weighted by atomic mass is 10.1. The fourth-order valence-electron chi connectivity index (χ4n) is 3.87. The molecular weight excluding hydrogens is 476 g/mol. The average Bonchev–Trinajstić information content (AvgIpc) is 2.88. The Morgan fingerprint density at radius 3 is 2.31 bits per heavy atom. The number of ether oxygens (including phenoxy) is 1. The summed E-state index contributed by atoms with van der Waals surface area (Å²) >= 11 is 0. The van der Waals surface area contributed by atoms with Gasteiger partial charge >= 0.3 is 0 Å². The van der Waals surface area contributed by atoms with Crippen LogP contribution in [0, 0.1) is 0 Å². The maximum atomic E-state index is 14.0. The number of nitrogens with one attached hydrogen (secondary N) is 1. The van der Waals surface area contributed by atoms with Crippen LogP contribution in [0.5, 0.6) is 5.75 Å². The number of ketones is 1. The van der Waals surface area contributed by atoms with Gasteiger partial charge in [-0.2, -0.15) is 0 Å². The van der Waals surface area contributed by atoms with Crippen LogP contribution in [0.15, 0.2) is 95.9 Å². The molecule has 4 aromatic carbocycles. The third kappa shape index (κ3) is 5.39. The Bertz CT molecular complexity index is 1510. The van der Waals surface area contributed by atoms with Crippen molar-refractivity contribution in [1.82, 2.24) is 0 Å². The number of fused-ring (bicyclic) bond motifs is 1. The van der Waals surface area contributed by atoms with Crippen molar-refractivity contribution in [2.45, 2.75) is 18.7 Å². The van der Waals surface area contributed by atoms with Crippen LogP contribution in [0.1, 0.15) is 24.2 Å². The van der Waals surface area contributed by atoms with E-state index in [4.69, 9.17) is 4.74 Å². The van der Waals surface area contributed by atoms with Crippen LogP contribution in [0.3, 0.4) is 0 Å². The van der Waals surface area contributed by atoms with Crippen LogP contribution in [0.2, 0.25) is 0 Å². The van der Waals surface area contributed by atoms with E-state index >= 15 is 0 Å². The first-order valence-corrected chi connectivity index (χ1v) is 12.9. The zero-order valence-corrected chi connectivity index (χ0v) is 20.8. The van der Waals surface area contributed by atoms with Crippen molar-refractivity contribution in [3.63, 3.8) is 0 Å². The van der Waals surface area contributed by atoms with Crippen molar-refractivity contribution < 1.29 is 22.7 Å². The number of nitrogens with zero attached hydrogens (tertiary/aromatic N) is 1. The molecule has 0 aromatic heterocycles. The maximum absolute atomic E-state index is 14.0. The Hall–Kier alpha value is -4.17. The molecule has 1 N–H and O–H groups in total. The lowest BCUT2D eigenvalue weighted by Gasteiger charge is -2.25. The van der Waals surface area contributed by atoms with Crippen molar-refractivity contribution >= 4 is 43.9 Å². The second kappa shape index (κ2) is 10.6. The number of sulfonamides is 1. The van der Waals surface area contributed by atoms with Gasteiger partial charge in [0.1, 0.15) is 12.3 Å². The van der Waals surface area contributed by atoms with Gasteiger partial charge in [-0.3, -0.25) is 13.9 Å². The summed E-state index contributed by atoms with van der Waals surface area (Å²) in [6.45, 7) is 3.31. The first-order valence-electron chi connectivity index (χ1n) is 11.4. The first-order chi connectivity index (χ1) is 17.3. The molecule has 1 amide bonds. The molecule has 4 aromatic rings. The Morgan fingerprint density at radius 2 is 1.58 bits per heavy atom. The molecule has 0 saturated heterocycles. The first kappa shape index (κ1) is 24.9. The number of rotatable bonds is 9. The van der Waals surface area contributed by atoms with Gasteiger partial charge in [0.15, 0.2) is 5.78 Å². The molecule has 0 bridgehead atoms. The lowest BCUT2D eigenvalue weighted by Crippen LogP contribution is -2.38. The molecule has 0 spiro atoms. The fraction of sp³-hybridized carbons (Fsp3) is 0.143. The van der Waals surface area contributed by atoms with Crippen molar-refractivity contribution in [2.75, 3.05) is 22.8 Å². The van der Waals surface area contributed by atoms with Gasteiger partial charge in [-0.15, -0.1) is 0 Å². The number of amides is 1. The molecule has 0 aliphatic heterocycles. The summed E-state index contributed by atoms with van der Waals surface area (Å²) in [7, 11) is -4.18. The second-order valence-electron chi connectivity index (χ2n) is 8.10. The van der Waals surface area contributed by atoms with Crippen LogP contribution in [-0.2, 0) is 14.8 Å². The summed E-state index contributed by atoms with van der Waals surface area (Å²) < 4.78 is 34.4. The van der Waals surface area contributed by atoms with Crippen LogP contribution in [0.4, 0.5) is 11.4 Å². The number of hydrogen-bond donors (Lipinski definition) is 1. The molecule has 184 valence electrons. The predicted molar refractivity (Wildman–Crippen MR) is 141 cm³/mol. The van der Waals surface area contributed by atoms with Gasteiger partial charge in [0.05, 0.1) is 17.2 Å². The van der Waals surface area contributed by atoms with E-state index in [-0.39, 0.29) is 16.4 Å². The lowest BCUT2D eigenvalue weighted by molar-refractivity contribution is -0.114. The molecule has 36 heavy (non-hydrogen) atoms. The van der Waals surface area contributed by atoms with Gasteiger partial charge < -0.3 is 10.1 Å². The molecule has 0 radical (unpaired) electrons. The van der Waals surface area contributed by atoms with Gasteiger partial charge in [0.2, 0.25) is 5.91 Å². The molecule has 0 heterocycles. The van der Waals surface area contributed by atoms with Crippen LogP contribution < -0.4 is 14.4 Å². The highest BCUT2D eigenvalue weighted by Crippen LogP contribution is 2.30. The van der Waals surface area contributed by atoms with E-state index in [1.807, 2.05) is 25.1 Å². The molecular formula is C28H26N2O5S. The minimum Gasteiger partial charge on any atom is -0.494 e. The zero-order chi connectivity index (χ0) is 25.7. The summed E-state index contributed by atoms with van der Waals surface area (Å²) in [6, 6.07) is 25.2. The van der Waals surface area contributed by atoms with Crippen LogP contribution in [-0.4, -0.2) is 33.3 Å². The highest BCUT2D eigenvalue weighted by atomic mass is 32.2. The average molecular weight is 503 g/mol. The largest absolute Gasteiger partial charge is 0.494 e. The molecule has 0 fully saturated rings. The Labute approximate surface area is 210 Å². The third-order valence-electron chi connectivity index (χ3n) is 5.59. The highest BCUT2D eigenvalue weighted by molar-refractivity contribution is 7.93. The van der Waals surface area contributed by atoms with E-state index in [0.29, 0.717) is 29.0 Å². The summed E-state index contributed by atoms with van der Waals surface area (Å²) in [5.74, 6) is -0.0777. The quantitative estimate of drug-likeness (QED) is 0.315. The zero-order valence-electron chi connectivity index (χ0n) is 20.0. The molecule has 0 atom stereocenters. The molecule has 0 unspecified atom stereocenters. The highest BCUT2D eigenvalue weighted by Gasteiger charge is 2.29. The molecule has 8 heteroatoms. The van der Waals surface area contributed by atoms with E-state index in [2.05, 4.69) is 5.32 Å². The SMILES string of the molecule is CCOc1ccc(NC(=O)CN(c2cccc(C(C)=O)c2)S(=O)(=O)c2cccc3ccccc23)cc1. The summed E-state index contributed by atoms with van der Waals surface area (Å²) in [5, 5.41) is 4.04. The Morgan fingerprint density at radius 1 is 0.889 bits per heavy atom. The van der Waals surface area contributed by atoms with Crippen molar-refractivity contribution in [3.05, 3.63) is 96.6 Å². The third-order valence-corrected chi connectivity index (χ3v) is 7.43. The molecule has 4 rings (SSSR count). The predicted octanol–water partition coefficient (Wildman–Crippen LogP) is 5.28. The number of hydrogen-bond acceptors (Lipinski definition) is 5. The Kier molecular flexibility index (Phi) is 7.36. The van der Waals surface area contributed by atoms with E-state index < -0.39 is 22.5 Å². The summed E-state index contributed by atoms with van der Waals surface area (Å²) in [5.41, 5.74) is 1.07. The van der Waals surface area contributed by atoms with E-state index in [1.54, 1.807) is 60.7 Å². The van der Waals surface area contributed by atoms with Crippen molar-refractivity contribution in [2.24, 2.45) is 0 Å². The minimum atomic E-state index is -4.18. The monoisotopic (exact) mass is 502 g/mol. The van der Waals surface area contributed by atoms with Gasteiger partial charge in [0, 0.05) is 16.6 Å². The Balaban J connectivity index is 1.73. The molecule has 0 aliphatic rings. The number of carbonyl (C=O) groups is 2. The summed E-state index contributed by atoms with van der Waals surface area (Å²) in [6.07, 6.45) is 0. The number of Topliss-reactive ketones (excluding diaryl/α,β-unsaturated/α-hetero) is 1. The topological polar surface area (TPSA) is 92.8 Å². The number of anilines is 2. The fourth-order valence-corrected chi connectivity index (χ4v) is 5.50. The van der Waals surface area contributed by atoms with Crippen LogP contribution >= 0.6 is 0 Å². The number of benzene rings is 4. The summed E-state index contributed by atoms with van der Waals surface area (Å²) in [4.78, 5) is 25.1. The molecule has 7 nitrogen and oxygen atoms in total. The normalized spacial score (nSPS) is 11.2. The molecule has 0 saturated carbocycles. The van der Waals surface area contributed by atoms with Gasteiger partial charge in [-0.25, -0.2) is 8.42 Å². The van der Waals surface area contributed by atoms with Crippen molar-refractivity contribution in [1.29, 1.82) is 0 Å². The standard InChI is InChI=1S/C28H26N2O5S/c1-3-35-25-16-14-23(15-17-25)29-28(32)19-30(24-11-6-10-22(18-24)20(2)31)36(33,34)27-13-7-9-21-8-4-5-12-26(21)27/h4-18H,3,19H2,1-2H3,(H,29,32). The van der Waals surface area contributed by atoms with E-state index in [1.165, 1.54) is 19.1 Å². The number of carbonyl (C=O) groups excluding carboxylic acids is 2. The van der Waals surface area contributed by atoms with Crippen LogP contribution in [0.25, 0.3) is 10.8 Å². The second-order valence-corrected chi connectivity index (χ2v) is 9.93. The van der Waals surface area contributed by atoms with Gasteiger partial charge in [-0.05, 0) is 61.7 Å². The molecule has 0 aliphatic carbocycles. The minimum absolute atomic E-state index is 0.0719. The maximum Gasteiger partial charge on any atom is 0.265 e.